The molecule has 4 rings (SSSR count). The minimum Gasteiger partial charge on any atom is -0.339 e. The molecule has 6 nitrogen and oxygen atoms in total. The number of anilines is 1. The molecule has 0 radical (unpaired) electrons. The number of para-hydroxylation sites is 1. The number of hydrogen-bond acceptors (Lipinski definition) is 5. The number of urea groups is 1. The van der Waals surface area contributed by atoms with Crippen LogP contribution in [-0.2, 0) is 0 Å². The van der Waals surface area contributed by atoms with Crippen LogP contribution in [0.25, 0.3) is 10.7 Å². The smallest absolute Gasteiger partial charge is 0.321 e. The molecule has 3 heterocycles. The van der Waals surface area contributed by atoms with Gasteiger partial charge >= 0.3 is 6.03 Å². The molecule has 2 amide bonds. The monoisotopic (exact) mass is 344 g/mol. The first-order chi connectivity index (χ1) is 11.7. The first-order valence-corrected chi connectivity index (χ1v) is 8.26. The lowest BCUT2D eigenvalue weighted by molar-refractivity contribution is 0.147. The van der Waals surface area contributed by atoms with Gasteiger partial charge in [0.1, 0.15) is 5.82 Å². The highest BCUT2D eigenvalue weighted by Gasteiger charge is 2.36. The molecule has 122 valence electrons. The summed E-state index contributed by atoms with van der Waals surface area (Å²) in [5.74, 6) is 0.639. The topological polar surface area (TPSA) is 71.3 Å². The summed E-state index contributed by atoms with van der Waals surface area (Å²) >= 11 is 1.54. The SMILES string of the molecule is O=C(Nc1ccccc1F)N1CC(c2nc(-c3cccs3)no2)C1. The van der Waals surface area contributed by atoms with E-state index in [-0.39, 0.29) is 17.6 Å². The number of amides is 2. The summed E-state index contributed by atoms with van der Waals surface area (Å²) in [6.07, 6.45) is 0. The van der Waals surface area contributed by atoms with Crippen molar-refractivity contribution in [3.8, 4) is 10.7 Å². The number of carbonyl (C=O) groups excluding carboxylic acids is 1. The van der Waals surface area contributed by atoms with Crippen molar-refractivity contribution in [2.45, 2.75) is 5.92 Å². The van der Waals surface area contributed by atoms with Gasteiger partial charge in [0.2, 0.25) is 11.7 Å². The molecule has 8 heteroatoms. The third kappa shape index (κ3) is 2.76. The molecule has 1 aliphatic heterocycles. The van der Waals surface area contributed by atoms with Crippen molar-refractivity contribution >= 4 is 23.1 Å². The fourth-order valence-corrected chi connectivity index (χ4v) is 3.11. The second-order valence-electron chi connectivity index (χ2n) is 5.45. The quantitative estimate of drug-likeness (QED) is 0.788. The maximum Gasteiger partial charge on any atom is 0.321 e. The number of thiophene rings is 1. The average Bonchev–Trinajstić information content (AvgIpc) is 3.19. The zero-order chi connectivity index (χ0) is 16.5. The van der Waals surface area contributed by atoms with Crippen LogP contribution in [-0.4, -0.2) is 34.2 Å². The summed E-state index contributed by atoms with van der Waals surface area (Å²) in [5.41, 5.74) is 0.170. The third-order valence-corrected chi connectivity index (χ3v) is 4.68. The Hall–Kier alpha value is -2.74. The summed E-state index contributed by atoms with van der Waals surface area (Å²) in [6.45, 7) is 0.929. The predicted molar refractivity (Wildman–Crippen MR) is 87.3 cm³/mol. The van der Waals surface area contributed by atoms with Gasteiger partial charge < -0.3 is 14.7 Å². The zero-order valence-electron chi connectivity index (χ0n) is 12.5. The summed E-state index contributed by atoms with van der Waals surface area (Å²) in [6, 6.07) is 9.58. The van der Waals surface area contributed by atoms with Crippen LogP contribution in [0.2, 0.25) is 0 Å². The number of halogens is 1. The molecular formula is C16H13FN4O2S. The van der Waals surface area contributed by atoms with E-state index in [1.165, 1.54) is 23.5 Å². The lowest BCUT2D eigenvalue weighted by Gasteiger charge is -2.36. The first kappa shape index (κ1) is 14.8. The van der Waals surface area contributed by atoms with Crippen LogP contribution in [0.3, 0.4) is 0 Å². The Balaban J connectivity index is 1.36. The lowest BCUT2D eigenvalue weighted by Crippen LogP contribution is -2.50. The molecule has 1 N–H and O–H groups in total. The van der Waals surface area contributed by atoms with Gasteiger partial charge in [-0.25, -0.2) is 9.18 Å². The van der Waals surface area contributed by atoms with Crippen molar-refractivity contribution in [2.24, 2.45) is 0 Å². The van der Waals surface area contributed by atoms with Gasteiger partial charge in [0.15, 0.2) is 0 Å². The molecule has 0 atom stereocenters. The molecular weight excluding hydrogens is 331 g/mol. The molecule has 0 spiro atoms. The van der Waals surface area contributed by atoms with E-state index in [4.69, 9.17) is 4.52 Å². The maximum absolute atomic E-state index is 13.5. The fraction of sp³-hybridized carbons (Fsp3) is 0.188. The van der Waals surface area contributed by atoms with Crippen molar-refractivity contribution in [1.82, 2.24) is 15.0 Å². The van der Waals surface area contributed by atoms with E-state index in [0.717, 1.165) is 4.88 Å². The summed E-state index contributed by atoms with van der Waals surface area (Å²) in [5, 5.41) is 8.47. The minimum atomic E-state index is -0.458. The summed E-state index contributed by atoms with van der Waals surface area (Å²) in [7, 11) is 0. The standard InChI is InChI=1S/C16H13FN4O2S/c17-11-4-1-2-5-12(11)18-16(22)21-8-10(9-21)15-19-14(20-23-15)13-6-3-7-24-13/h1-7,10H,8-9H2,(H,18,22). The van der Waals surface area contributed by atoms with Crippen LogP contribution in [0.1, 0.15) is 11.8 Å². The number of nitrogens with one attached hydrogen (secondary N) is 1. The van der Waals surface area contributed by atoms with Crippen LogP contribution < -0.4 is 5.32 Å². The van der Waals surface area contributed by atoms with E-state index in [9.17, 15) is 9.18 Å². The predicted octanol–water partition coefficient (Wildman–Crippen LogP) is 3.57. The van der Waals surface area contributed by atoms with Crippen molar-refractivity contribution in [3.05, 3.63) is 53.5 Å². The number of nitrogens with zero attached hydrogens (tertiary/aromatic N) is 3. The average molecular weight is 344 g/mol. The normalized spacial score (nSPS) is 14.5. The van der Waals surface area contributed by atoms with E-state index < -0.39 is 5.82 Å². The number of aromatic nitrogens is 2. The molecule has 0 bridgehead atoms. The Labute approximate surface area is 140 Å². The van der Waals surface area contributed by atoms with Crippen LogP contribution >= 0.6 is 11.3 Å². The Kier molecular flexibility index (Phi) is 3.73. The first-order valence-electron chi connectivity index (χ1n) is 7.38. The van der Waals surface area contributed by atoms with Crippen LogP contribution in [0.5, 0.6) is 0 Å². The number of rotatable bonds is 3. The van der Waals surface area contributed by atoms with Crippen molar-refractivity contribution < 1.29 is 13.7 Å². The molecule has 2 aromatic heterocycles. The van der Waals surface area contributed by atoms with Gasteiger partial charge in [-0.1, -0.05) is 23.4 Å². The van der Waals surface area contributed by atoms with E-state index in [2.05, 4.69) is 15.5 Å². The Morgan fingerprint density at radius 2 is 2.12 bits per heavy atom. The highest BCUT2D eigenvalue weighted by molar-refractivity contribution is 7.13. The van der Waals surface area contributed by atoms with E-state index in [0.29, 0.717) is 24.8 Å². The van der Waals surface area contributed by atoms with Crippen LogP contribution in [0, 0.1) is 5.82 Å². The molecule has 0 aliphatic carbocycles. The second-order valence-corrected chi connectivity index (χ2v) is 6.39. The Morgan fingerprint density at radius 3 is 2.88 bits per heavy atom. The number of hydrogen-bond donors (Lipinski definition) is 1. The van der Waals surface area contributed by atoms with Gasteiger partial charge in [-0.2, -0.15) is 4.98 Å². The Morgan fingerprint density at radius 1 is 1.29 bits per heavy atom. The third-order valence-electron chi connectivity index (χ3n) is 3.82. The molecule has 1 aliphatic rings. The molecule has 24 heavy (non-hydrogen) atoms. The van der Waals surface area contributed by atoms with Crippen LogP contribution in [0.4, 0.5) is 14.9 Å². The number of benzene rings is 1. The van der Waals surface area contributed by atoms with Gasteiger partial charge in [0.25, 0.3) is 0 Å². The summed E-state index contributed by atoms with van der Waals surface area (Å²) in [4.78, 5) is 19.0. The fourth-order valence-electron chi connectivity index (χ4n) is 2.46. The van der Waals surface area contributed by atoms with Crippen molar-refractivity contribution in [2.75, 3.05) is 18.4 Å². The van der Waals surface area contributed by atoms with Gasteiger partial charge in [0.05, 0.1) is 16.5 Å². The van der Waals surface area contributed by atoms with E-state index in [1.54, 1.807) is 17.0 Å². The molecule has 1 fully saturated rings. The van der Waals surface area contributed by atoms with Crippen molar-refractivity contribution in [1.29, 1.82) is 0 Å². The molecule has 3 aromatic rings. The van der Waals surface area contributed by atoms with Crippen LogP contribution in [0.15, 0.2) is 46.3 Å². The maximum atomic E-state index is 13.5. The number of likely N-dealkylation sites (tertiary alicyclic amines) is 1. The highest BCUT2D eigenvalue weighted by atomic mass is 32.1. The lowest BCUT2D eigenvalue weighted by atomic mass is 10.0. The minimum absolute atomic E-state index is 0.0117. The number of carbonyl (C=O) groups is 1. The molecule has 0 saturated carbocycles. The van der Waals surface area contributed by atoms with Gasteiger partial charge in [0, 0.05) is 13.1 Å². The largest absolute Gasteiger partial charge is 0.339 e. The second kappa shape index (κ2) is 6.04. The van der Waals surface area contributed by atoms with E-state index in [1.807, 2.05) is 17.5 Å². The molecule has 1 saturated heterocycles. The van der Waals surface area contributed by atoms with Crippen molar-refractivity contribution in [3.63, 3.8) is 0 Å². The van der Waals surface area contributed by atoms with Gasteiger partial charge in [-0.3, -0.25) is 0 Å². The Bertz CT molecular complexity index is 859. The van der Waals surface area contributed by atoms with E-state index >= 15 is 0 Å². The summed E-state index contributed by atoms with van der Waals surface area (Å²) < 4.78 is 18.8. The molecule has 0 unspecified atom stereocenters. The van der Waals surface area contributed by atoms with Gasteiger partial charge in [-0.05, 0) is 23.6 Å². The zero-order valence-corrected chi connectivity index (χ0v) is 13.3. The van der Waals surface area contributed by atoms with Gasteiger partial charge in [-0.15, -0.1) is 11.3 Å². The highest BCUT2D eigenvalue weighted by Crippen LogP contribution is 2.29. The molecule has 1 aromatic carbocycles.